The quantitative estimate of drug-likeness (QED) is 0.494. The molecule has 10 heteroatoms. The van der Waals surface area contributed by atoms with Gasteiger partial charge in [0.25, 0.3) is 5.91 Å². The third-order valence-corrected chi connectivity index (χ3v) is 5.19. The highest BCUT2D eigenvalue weighted by Gasteiger charge is 2.42. The Hall–Kier alpha value is -3.40. The van der Waals surface area contributed by atoms with Crippen LogP contribution in [0.4, 0.5) is 17.3 Å². The van der Waals surface area contributed by atoms with Crippen LogP contribution in [0.2, 0.25) is 0 Å². The van der Waals surface area contributed by atoms with Crippen LogP contribution in [0.25, 0.3) is 5.65 Å². The van der Waals surface area contributed by atoms with Crippen molar-refractivity contribution >= 4 is 28.9 Å². The molecule has 29 heavy (non-hydrogen) atoms. The molecule has 0 saturated heterocycles. The van der Waals surface area contributed by atoms with Gasteiger partial charge >= 0.3 is 0 Å². The van der Waals surface area contributed by atoms with Gasteiger partial charge in [0.1, 0.15) is 22.9 Å². The zero-order chi connectivity index (χ0) is 20.6. The maximum Gasteiger partial charge on any atom is 0.257 e. The largest absolute Gasteiger partial charge is 0.480 e. The van der Waals surface area contributed by atoms with Crippen LogP contribution in [0, 0.1) is 0 Å². The van der Waals surface area contributed by atoms with Crippen molar-refractivity contribution in [1.29, 1.82) is 0 Å². The minimum atomic E-state index is -0.883. The molecule has 1 unspecified atom stereocenters. The number of rotatable bonds is 6. The van der Waals surface area contributed by atoms with Gasteiger partial charge in [-0.2, -0.15) is 9.61 Å². The third kappa shape index (κ3) is 3.42. The zero-order valence-electron chi connectivity index (χ0n) is 16.4. The number of methoxy groups -OCH3 is 1. The summed E-state index contributed by atoms with van der Waals surface area (Å²) in [6.07, 6.45) is 4.51. The van der Waals surface area contributed by atoms with Crippen molar-refractivity contribution in [2.45, 2.75) is 31.4 Å². The molecule has 10 nitrogen and oxygen atoms in total. The molecule has 1 amide bonds. The highest BCUT2D eigenvalue weighted by atomic mass is 16.5. The van der Waals surface area contributed by atoms with Gasteiger partial charge in [0.2, 0.25) is 5.88 Å². The number of hydrogen-bond acceptors (Lipinski definition) is 8. The number of nitrogens with zero attached hydrogens (tertiary/aromatic N) is 4. The van der Waals surface area contributed by atoms with Crippen molar-refractivity contribution in [1.82, 2.24) is 24.9 Å². The van der Waals surface area contributed by atoms with Crippen molar-refractivity contribution < 1.29 is 14.6 Å². The number of ether oxygens (including phenoxy) is 1. The van der Waals surface area contributed by atoms with Crippen molar-refractivity contribution in [2.75, 3.05) is 24.8 Å². The van der Waals surface area contributed by atoms with E-state index in [1.807, 2.05) is 6.07 Å². The maximum atomic E-state index is 12.8. The van der Waals surface area contributed by atoms with E-state index in [0.29, 0.717) is 40.8 Å². The number of aromatic nitrogens is 4. The van der Waals surface area contributed by atoms with Crippen LogP contribution in [0.5, 0.6) is 5.88 Å². The Morgan fingerprint density at radius 1 is 1.45 bits per heavy atom. The Morgan fingerprint density at radius 2 is 2.28 bits per heavy atom. The lowest BCUT2D eigenvalue weighted by atomic mass is 9.76. The Balaban J connectivity index is 1.69. The Kier molecular flexibility index (Phi) is 4.71. The highest BCUT2D eigenvalue weighted by Crippen LogP contribution is 2.32. The van der Waals surface area contributed by atoms with Gasteiger partial charge in [-0.3, -0.25) is 4.79 Å². The third-order valence-electron chi connectivity index (χ3n) is 5.19. The fraction of sp³-hybridized carbons (Fsp3) is 0.368. The minimum Gasteiger partial charge on any atom is -0.480 e. The summed E-state index contributed by atoms with van der Waals surface area (Å²) in [6, 6.07) is 5.09. The molecule has 1 saturated carbocycles. The molecule has 152 valence electrons. The van der Waals surface area contributed by atoms with Crippen LogP contribution in [0.15, 0.2) is 30.6 Å². The predicted octanol–water partition coefficient (Wildman–Crippen LogP) is 1.56. The van der Waals surface area contributed by atoms with Crippen LogP contribution in [0.1, 0.15) is 30.1 Å². The lowest BCUT2D eigenvalue weighted by Crippen LogP contribution is -2.58. The van der Waals surface area contributed by atoms with Gasteiger partial charge in [0, 0.05) is 19.3 Å². The number of amides is 1. The standard InChI is InChI=1S/C19H23N7O3/c1-19(28)7-6-13(19)24-17(27)11-10-22-26-15(20-2)9-14(25-16(11)26)23-12-5-4-8-21-18(12)29-3/h4-5,8-10,13,20,28H,6-7H2,1-3H3,(H,23,25)(H,24,27)/t13?,19-/m0/s1. The summed E-state index contributed by atoms with van der Waals surface area (Å²) in [5, 5.41) is 23.6. The first-order chi connectivity index (χ1) is 13.9. The number of pyridine rings is 1. The topological polar surface area (TPSA) is 126 Å². The first kappa shape index (κ1) is 18.9. The second-order valence-electron chi connectivity index (χ2n) is 7.18. The van der Waals surface area contributed by atoms with Crippen LogP contribution < -0.4 is 20.7 Å². The van der Waals surface area contributed by atoms with E-state index >= 15 is 0 Å². The van der Waals surface area contributed by atoms with Crippen molar-refractivity contribution in [3.8, 4) is 5.88 Å². The van der Waals surface area contributed by atoms with Crippen molar-refractivity contribution in [3.05, 3.63) is 36.2 Å². The molecule has 1 aliphatic rings. The number of aliphatic hydroxyl groups is 1. The van der Waals surface area contributed by atoms with E-state index in [1.165, 1.54) is 13.3 Å². The van der Waals surface area contributed by atoms with Gasteiger partial charge < -0.3 is 25.8 Å². The maximum absolute atomic E-state index is 12.8. The molecule has 4 N–H and O–H groups in total. The summed E-state index contributed by atoms with van der Waals surface area (Å²) in [7, 11) is 3.30. The van der Waals surface area contributed by atoms with E-state index in [-0.39, 0.29) is 11.9 Å². The molecule has 0 aliphatic heterocycles. The molecule has 3 heterocycles. The van der Waals surface area contributed by atoms with Gasteiger partial charge in [-0.25, -0.2) is 9.97 Å². The van der Waals surface area contributed by atoms with E-state index in [2.05, 4.69) is 31.0 Å². The molecule has 3 aromatic heterocycles. The van der Waals surface area contributed by atoms with Gasteiger partial charge in [0.15, 0.2) is 5.65 Å². The summed E-state index contributed by atoms with van der Waals surface area (Å²) in [4.78, 5) is 21.5. The lowest BCUT2D eigenvalue weighted by Gasteiger charge is -2.42. The van der Waals surface area contributed by atoms with Crippen molar-refractivity contribution in [3.63, 3.8) is 0 Å². The van der Waals surface area contributed by atoms with Crippen LogP contribution >= 0.6 is 0 Å². The first-order valence-corrected chi connectivity index (χ1v) is 9.29. The van der Waals surface area contributed by atoms with E-state index in [4.69, 9.17) is 4.74 Å². The fourth-order valence-electron chi connectivity index (χ4n) is 3.32. The molecule has 1 aliphatic carbocycles. The van der Waals surface area contributed by atoms with Gasteiger partial charge in [-0.15, -0.1) is 0 Å². The van der Waals surface area contributed by atoms with E-state index in [9.17, 15) is 9.90 Å². The second-order valence-corrected chi connectivity index (χ2v) is 7.18. The average molecular weight is 397 g/mol. The smallest absolute Gasteiger partial charge is 0.257 e. The molecule has 1 fully saturated rings. The summed E-state index contributed by atoms with van der Waals surface area (Å²) in [5.74, 6) is 1.25. The molecule has 2 atom stereocenters. The lowest BCUT2D eigenvalue weighted by molar-refractivity contribution is -0.0486. The zero-order valence-corrected chi connectivity index (χ0v) is 16.4. The van der Waals surface area contributed by atoms with Gasteiger partial charge in [-0.05, 0) is 31.9 Å². The number of carbonyl (C=O) groups is 1. The highest BCUT2D eigenvalue weighted by molar-refractivity contribution is 6.00. The molecule has 0 spiro atoms. The van der Waals surface area contributed by atoms with Crippen LogP contribution in [-0.2, 0) is 0 Å². The summed E-state index contributed by atoms with van der Waals surface area (Å²) < 4.78 is 6.82. The van der Waals surface area contributed by atoms with Gasteiger partial charge in [-0.1, -0.05) is 0 Å². The Bertz CT molecular complexity index is 1060. The van der Waals surface area contributed by atoms with Crippen LogP contribution in [-0.4, -0.2) is 56.4 Å². The summed E-state index contributed by atoms with van der Waals surface area (Å²) in [6.45, 7) is 1.72. The molecular formula is C19H23N7O3. The SMILES string of the molecule is CNc1cc(Nc2cccnc2OC)nc2c(C(=O)NC3CC[C@]3(C)O)cnn12. The summed E-state index contributed by atoms with van der Waals surface area (Å²) >= 11 is 0. The molecular weight excluding hydrogens is 374 g/mol. The number of anilines is 3. The fourth-order valence-corrected chi connectivity index (χ4v) is 3.32. The van der Waals surface area contributed by atoms with Gasteiger partial charge in [0.05, 0.1) is 24.9 Å². The number of carbonyl (C=O) groups excluding carboxylic acids is 1. The monoisotopic (exact) mass is 397 g/mol. The summed E-state index contributed by atoms with van der Waals surface area (Å²) in [5.41, 5.74) is 0.473. The number of fused-ring (bicyclic) bond motifs is 1. The molecule has 0 bridgehead atoms. The first-order valence-electron chi connectivity index (χ1n) is 9.29. The van der Waals surface area contributed by atoms with Crippen molar-refractivity contribution in [2.24, 2.45) is 0 Å². The van der Waals surface area contributed by atoms with E-state index < -0.39 is 5.60 Å². The molecule has 0 aromatic carbocycles. The molecule has 4 rings (SSSR count). The Labute approximate surface area is 167 Å². The van der Waals surface area contributed by atoms with E-state index in [0.717, 1.165) is 6.42 Å². The van der Waals surface area contributed by atoms with Crippen LogP contribution in [0.3, 0.4) is 0 Å². The normalized spacial score (nSPS) is 20.8. The average Bonchev–Trinajstić information content (AvgIpc) is 3.15. The van der Waals surface area contributed by atoms with E-state index in [1.54, 1.807) is 36.8 Å². The Morgan fingerprint density at radius 3 is 2.93 bits per heavy atom. The predicted molar refractivity (Wildman–Crippen MR) is 108 cm³/mol. The number of nitrogens with one attached hydrogen (secondary N) is 3. The number of hydrogen-bond donors (Lipinski definition) is 4. The molecule has 3 aromatic rings. The molecule has 0 radical (unpaired) electrons. The second kappa shape index (κ2) is 7.21. The minimum absolute atomic E-state index is 0.283.